The van der Waals surface area contributed by atoms with Gasteiger partial charge in [0.05, 0.1) is 7.11 Å². The number of methoxy groups -OCH3 is 1. The summed E-state index contributed by atoms with van der Waals surface area (Å²) in [7, 11) is 1.67. The smallest absolute Gasteiger partial charge is 0.118 e. The maximum Gasteiger partial charge on any atom is 0.118 e. The zero-order chi connectivity index (χ0) is 13.9. The lowest BCUT2D eigenvalue weighted by Gasteiger charge is -2.25. The number of benzene rings is 2. The molecule has 0 saturated carbocycles. The molecule has 2 N–H and O–H groups in total. The molecule has 0 amide bonds. The van der Waals surface area contributed by atoms with Crippen LogP contribution < -0.4 is 10.5 Å². The molecule has 100 valence electrons. The molecule has 0 aliphatic carbocycles. The highest BCUT2D eigenvalue weighted by Gasteiger charge is 2.21. The Hall–Kier alpha value is -1.32. The van der Waals surface area contributed by atoms with E-state index < -0.39 is 0 Å². The van der Waals surface area contributed by atoms with Crippen molar-refractivity contribution < 1.29 is 4.74 Å². The number of hydrogen-bond donors (Lipinski definition) is 1. The van der Waals surface area contributed by atoms with Gasteiger partial charge in [0.2, 0.25) is 0 Å². The van der Waals surface area contributed by atoms with Gasteiger partial charge in [-0.3, -0.25) is 0 Å². The van der Waals surface area contributed by atoms with E-state index in [0.29, 0.717) is 0 Å². The van der Waals surface area contributed by atoms with E-state index in [1.54, 1.807) is 7.11 Å². The molecule has 0 aliphatic heterocycles. The van der Waals surface area contributed by atoms with Crippen LogP contribution in [0.5, 0.6) is 5.75 Å². The van der Waals surface area contributed by atoms with E-state index in [-0.39, 0.29) is 5.54 Å². The molecule has 1 unspecified atom stereocenters. The summed E-state index contributed by atoms with van der Waals surface area (Å²) in [6.07, 6.45) is 0.798. The minimum atomic E-state index is -0.389. The van der Waals surface area contributed by atoms with Gasteiger partial charge < -0.3 is 10.5 Å². The number of ether oxygens (including phenoxy) is 1. The molecule has 0 saturated heterocycles. The summed E-state index contributed by atoms with van der Waals surface area (Å²) in [4.78, 5) is 0. The van der Waals surface area contributed by atoms with Gasteiger partial charge in [0.25, 0.3) is 0 Å². The van der Waals surface area contributed by atoms with Crippen molar-refractivity contribution in [1.82, 2.24) is 0 Å². The van der Waals surface area contributed by atoms with Gasteiger partial charge in [-0.2, -0.15) is 0 Å². The fraction of sp³-hybridized carbons (Fsp3) is 0.250. The molecule has 2 aromatic rings. The third-order valence-electron chi connectivity index (χ3n) is 3.23. The Kier molecular flexibility index (Phi) is 4.27. The standard InChI is InChI=1S/C16H18BrNO/c1-16(18,11-12-3-7-14(17)8-4-12)13-5-9-15(19-2)10-6-13/h3-10H,11,18H2,1-2H3. The third-order valence-corrected chi connectivity index (χ3v) is 3.76. The quantitative estimate of drug-likeness (QED) is 0.928. The van der Waals surface area contributed by atoms with Crippen molar-refractivity contribution in [3.63, 3.8) is 0 Å². The first kappa shape index (κ1) is 14.1. The molecule has 0 bridgehead atoms. The lowest BCUT2D eigenvalue weighted by atomic mass is 9.86. The van der Waals surface area contributed by atoms with Crippen molar-refractivity contribution in [2.45, 2.75) is 18.9 Å². The predicted molar refractivity (Wildman–Crippen MR) is 82.4 cm³/mol. The van der Waals surface area contributed by atoms with Crippen LogP contribution in [0, 0.1) is 0 Å². The average Bonchev–Trinajstić information content (AvgIpc) is 2.41. The first-order chi connectivity index (χ1) is 9.01. The summed E-state index contributed by atoms with van der Waals surface area (Å²) in [6, 6.07) is 16.2. The third kappa shape index (κ3) is 3.58. The minimum absolute atomic E-state index is 0.389. The second-order valence-electron chi connectivity index (χ2n) is 4.95. The molecule has 1 atom stereocenters. The van der Waals surface area contributed by atoms with Crippen molar-refractivity contribution in [3.8, 4) is 5.75 Å². The summed E-state index contributed by atoms with van der Waals surface area (Å²) in [5.74, 6) is 0.850. The second-order valence-corrected chi connectivity index (χ2v) is 5.86. The van der Waals surface area contributed by atoms with E-state index in [1.807, 2.05) is 36.4 Å². The van der Waals surface area contributed by atoms with Gasteiger partial charge in [0.15, 0.2) is 0 Å². The van der Waals surface area contributed by atoms with Gasteiger partial charge in [0.1, 0.15) is 5.75 Å². The fourth-order valence-electron chi connectivity index (χ4n) is 2.10. The Morgan fingerprint density at radius 1 is 1.05 bits per heavy atom. The molecule has 2 rings (SSSR count). The highest BCUT2D eigenvalue weighted by atomic mass is 79.9. The molecule has 19 heavy (non-hydrogen) atoms. The van der Waals surface area contributed by atoms with Gasteiger partial charge in [-0.15, -0.1) is 0 Å². The molecule has 0 aromatic heterocycles. The Labute approximate surface area is 122 Å². The maximum absolute atomic E-state index is 6.45. The average molecular weight is 320 g/mol. The van der Waals surface area contributed by atoms with Crippen molar-refractivity contribution in [2.75, 3.05) is 7.11 Å². The van der Waals surface area contributed by atoms with Crippen LogP contribution in [-0.2, 0) is 12.0 Å². The van der Waals surface area contributed by atoms with Gasteiger partial charge in [0, 0.05) is 10.0 Å². The van der Waals surface area contributed by atoms with Crippen LogP contribution in [0.1, 0.15) is 18.1 Å². The van der Waals surface area contributed by atoms with Crippen LogP contribution in [0.3, 0.4) is 0 Å². The molecule has 0 heterocycles. The number of halogens is 1. The van der Waals surface area contributed by atoms with E-state index in [0.717, 1.165) is 22.2 Å². The molecule has 2 nitrogen and oxygen atoms in total. The van der Waals surface area contributed by atoms with E-state index in [9.17, 15) is 0 Å². The molecule has 0 radical (unpaired) electrons. The van der Waals surface area contributed by atoms with Crippen LogP contribution in [0.25, 0.3) is 0 Å². The van der Waals surface area contributed by atoms with Crippen LogP contribution in [-0.4, -0.2) is 7.11 Å². The lowest BCUT2D eigenvalue weighted by molar-refractivity contribution is 0.413. The normalized spacial score (nSPS) is 13.9. The maximum atomic E-state index is 6.45. The zero-order valence-electron chi connectivity index (χ0n) is 11.2. The topological polar surface area (TPSA) is 35.2 Å². The van der Waals surface area contributed by atoms with Gasteiger partial charge in [-0.25, -0.2) is 0 Å². The zero-order valence-corrected chi connectivity index (χ0v) is 12.8. The monoisotopic (exact) mass is 319 g/mol. The number of hydrogen-bond acceptors (Lipinski definition) is 2. The van der Waals surface area contributed by atoms with Crippen molar-refractivity contribution >= 4 is 15.9 Å². The van der Waals surface area contributed by atoms with Gasteiger partial charge >= 0.3 is 0 Å². The van der Waals surface area contributed by atoms with E-state index in [2.05, 4.69) is 35.0 Å². The molecular weight excluding hydrogens is 302 g/mol. The highest BCUT2D eigenvalue weighted by Crippen LogP contribution is 2.25. The lowest BCUT2D eigenvalue weighted by Crippen LogP contribution is -2.35. The summed E-state index contributed by atoms with van der Waals surface area (Å²) in [5.41, 5.74) is 8.39. The Morgan fingerprint density at radius 3 is 2.16 bits per heavy atom. The fourth-order valence-corrected chi connectivity index (χ4v) is 2.36. The van der Waals surface area contributed by atoms with Crippen LogP contribution in [0.4, 0.5) is 0 Å². The van der Waals surface area contributed by atoms with Gasteiger partial charge in [-0.05, 0) is 48.7 Å². The molecule has 3 heteroatoms. The SMILES string of the molecule is COc1ccc(C(C)(N)Cc2ccc(Br)cc2)cc1. The molecule has 2 aromatic carbocycles. The second kappa shape index (κ2) is 5.76. The molecule has 0 aliphatic rings. The molecule has 0 spiro atoms. The first-order valence-electron chi connectivity index (χ1n) is 6.19. The van der Waals surface area contributed by atoms with Crippen LogP contribution >= 0.6 is 15.9 Å². The van der Waals surface area contributed by atoms with Gasteiger partial charge in [-0.1, -0.05) is 40.2 Å². The van der Waals surface area contributed by atoms with Crippen molar-refractivity contribution in [1.29, 1.82) is 0 Å². The number of rotatable bonds is 4. The van der Waals surface area contributed by atoms with E-state index in [4.69, 9.17) is 10.5 Å². The Morgan fingerprint density at radius 2 is 1.63 bits per heavy atom. The van der Waals surface area contributed by atoms with E-state index in [1.165, 1.54) is 5.56 Å². The number of nitrogens with two attached hydrogens (primary N) is 1. The van der Waals surface area contributed by atoms with Crippen LogP contribution in [0.2, 0.25) is 0 Å². The largest absolute Gasteiger partial charge is 0.497 e. The van der Waals surface area contributed by atoms with Crippen molar-refractivity contribution in [2.24, 2.45) is 5.73 Å². The summed E-state index contributed by atoms with van der Waals surface area (Å²) in [5, 5.41) is 0. The van der Waals surface area contributed by atoms with Crippen molar-refractivity contribution in [3.05, 3.63) is 64.1 Å². The minimum Gasteiger partial charge on any atom is -0.497 e. The summed E-state index contributed by atoms with van der Waals surface area (Å²) in [6.45, 7) is 2.05. The highest BCUT2D eigenvalue weighted by molar-refractivity contribution is 9.10. The van der Waals surface area contributed by atoms with E-state index >= 15 is 0 Å². The Bertz CT molecular complexity index is 532. The summed E-state index contributed by atoms with van der Waals surface area (Å²) < 4.78 is 6.25. The van der Waals surface area contributed by atoms with Crippen LogP contribution in [0.15, 0.2) is 53.0 Å². The first-order valence-corrected chi connectivity index (χ1v) is 6.98. The predicted octanol–water partition coefficient (Wildman–Crippen LogP) is 3.87. The summed E-state index contributed by atoms with van der Waals surface area (Å²) >= 11 is 3.44. The Balaban J connectivity index is 2.18. The molecular formula is C16H18BrNO. The molecule has 0 fully saturated rings.